The molecule has 1 saturated heterocycles. The quantitative estimate of drug-likeness (QED) is 0.787. The van der Waals surface area contributed by atoms with Crippen LogP contribution in [-0.2, 0) is 0 Å². The number of anilines is 1. The van der Waals surface area contributed by atoms with Crippen molar-refractivity contribution >= 4 is 27.5 Å². The molecule has 0 spiro atoms. The highest BCUT2D eigenvalue weighted by atomic mass is 32.1. The second-order valence-corrected chi connectivity index (χ2v) is 7.17. The van der Waals surface area contributed by atoms with Crippen LogP contribution in [0.5, 0.6) is 0 Å². The van der Waals surface area contributed by atoms with E-state index in [1.54, 1.807) is 11.3 Å². The number of fused-ring (bicyclic) bond motifs is 1. The first-order chi connectivity index (χ1) is 10.7. The SMILES string of the molecule is Cc1ccc2nc(C3CCN(c4nnc(C)s4)CC3)[nH]c2c1. The van der Waals surface area contributed by atoms with Gasteiger partial charge in [0.15, 0.2) is 0 Å². The molecule has 0 amide bonds. The van der Waals surface area contributed by atoms with Crippen LogP contribution in [0.3, 0.4) is 0 Å². The predicted octanol–water partition coefficient (Wildman–Crippen LogP) is 3.42. The smallest absolute Gasteiger partial charge is 0.208 e. The molecule has 3 heterocycles. The summed E-state index contributed by atoms with van der Waals surface area (Å²) in [7, 11) is 0. The van der Waals surface area contributed by atoms with Crippen LogP contribution in [0, 0.1) is 13.8 Å². The highest BCUT2D eigenvalue weighted by molar-refractivity contribution is 7.15. The van der Waals surface area contributed by atoms with E-state index in [9.17, 15) is 0 Å². The lowest BCUT2D eigenvalue weighted by molar-refractivity contribution is 0.488. The zero-order chi connectivity index (χ0) is 15.1. The number of nitrogens with zero attached hydrogens (tertiary/aromatic N) is 4. The van der Waals surface area contributed by atoms with Crippen molar-refractivity contribution in [3.63, 3.8) is 0 Å². The zero-order valence-electron chi connectivity index (χ0n) is 12.8. The third-order valence-electron chi connectivity index (χ3n) is 4.32. The van der Waals surface area contributed by atoms with Gasteiger partial charge in [-0.3, -0.25) is 0 Å². The lowest BCUT2D eigenvalue weighted by atomic mass is 9.96. The van der Waals surface area contributed by atoms with Crippen LogP contribution in [-0.4, -0.2) is 33.3 Å². The molecule has 5 nitrogen and oxygen atoms in total. The highest BCUT2D eigenvalue weighted by Crippen LogP contribution is 2.31. The van der Waals surface area contributed by atoms with Gasteiger partial charge >= 0.3 is 0 Å². The summed E-state index contributed by atoms with van der Waals surface area (Å²) in [5.74, 6) is 1.65. The second kappa shape index (κ2) is 5.35. The molecule has 1 fully saturated rings. The Morgan fingerprint density at radius 2 is 2.00 bits per heavy atom. The molecule has 114 valence electrons. The van der Waals surface area contributed by atoms with E-state index in [1.165, 1.54) is 5.56 Å². The number of benzene rings is 1. The standard InChI is InChI=1S/C16H19N5S/c1-10-3-4-13-14(9-10)18-15(17-13)12-5-7-21(8-6-12)16-20-19-11(2)22-16/h3-4,9,12H,5-8H2,1-2H3,(H,17,18). The van der Waals surface area contributed by atoms with Crippen LogP contribution in [0.2, 0.25) is 0 Å². The van der Waals surface area contributed by atoms with E-state index in [0.717, 1.165) is 52.9 Å². The van der Waals surface area contributed by atoms with Crippen molar-refractivity contribution in [3.05, 3.63) is 34.6 Å². The number of piperidine rings is 1. The summed E-state index contributed by atoms with van der Waals surface area (Å²) in [6, 6.07) is 6.39. The Labute approximate surface area is 133 Å². The summed E-state index contributed by atoms with van der Waals surface area (Å²) in [6.45, 7) is 6.16. The Morgan fingerprint density at radius 3 is 2.73 bits per heavy atom. The summed E-state index contributed by atoms with van der Waals surface area (Å²) in [5.41, 5.74) is 3.49. The number of aryl methyl sites for hydroxylation is 2. The number of imidazole rings is 1. The minimum absolute atomic E-state index is 0.512. The highest BCUT2D eigenvalue weighted by Gasteiger charge is 2.24. The third kappa shape index (κ3) is 2.47. The fraction of sp³-hybridized carbons (Fsp3) is 0.438. The minimum atomic E-state index is 0.512. The van der Waals surface area contributed by atoms with Gasteiger partial charge in [0, 0.05) is 19.0 Å². The molecule has 3 aromatic rings. The number of rotatable bonds is 2. The first kappa shape index (κ1) is 13.7. The van der Waals surface area contributed by atoms with Gasteiger partial charge in [-0.05, 0) is 44.4 Å². The molecule has 1 aliphatic rings. The molecule has 0 atom stereocenters. The van der Waals surface area contributed by atoms with E-state index in [-0.39, 0.29) is 0 Å². The average Bonchev–Trinajstić information content (AvgIpc) is 3.13. The molecule has 0 radical (unpaired) electrons. The van der Waals surface area contributed by atoms with Crippen molar-refractivity contribution in [2.24, 2.45) is 0 Å². The first-order valence-electron chi connectivity index (χ1n) is 7.70. The van der Waals surface area contributed by atoms with Gasteiger partial charge in [0.05, 0.1) is 11.0 Å². The molecule has 6 heteroatoms. The molecule has 0 bridgehead atoms. The lowest BCUT2D eigenvalue weighted by Crippen LogP contribution is -2.33. The van der Waals surface area contributed by atoms with Crippen molar-refractivity contribution in [2.45, 2.75) is 32.6 Å². The topological polar surface area (TPSA) is 57.7 Å². The van der Waals surface area contributed by atoms with E-state index in [4.69, 9.17) is 4.98 Å². The van der Waals surface area contributed by atoms with Crippen LogP contribution < -0.4 is 4.90 Å². The fourth-order valence-corrected chi connectivity index (χ4v) is 3.83. The molecule has 0 unspecified atom stereocenters. The Morgan fingerprint density at radius 1 is 1.18 bits per heavy atom. The molecule has 4 rings (SSSR count). The third-order valence-corrected chi connectivity index (χ3v) is 5.22. The lowest BCUT2D eigenvalue weighted by Gasteiger charge is -2.30. The van der Waals surface area contributed by atoms with E-state index in [0.29, 0.717) is 5.92 Å². The summed E-state index contributed by atoms with van der Waals surface area (Å²) in [4.78, 5) is 10.6. The summed E-state index contributed by atoms with van der Waals surface area (Å²) in [6.07, 6.45) is 2.22. The number of aromatic nitrogens is 4. The predicted molar refractivity (Wildman–Crippen MR) is 89.7 cm³/mol. The van der Waals surface area contributed by atoms with Crippen molar-refractivity contribution in [1.29, 1.82) is 0 Å². The average molecular weight is 313 g/mol. The van der Waals surface area contributed by atoms with Gasteiger partial charge in [0.1, 0.15) is 10.8 Å². The molecule has 22 heavy (non-hydrogen) atoms. The molecule has 2 aromatic heterocycles. The van der Waals surface area contributed by atoms with Crippen molar-refractivity contribution in [2.75, 3.05) is 18.0 Å². The van der Waals surface area contributed by atoms with Gasteiger partial charge in [0.2, 0.25) is 5.13 Å². The molecule has 1 aliphatic heterocycles. The minimum Gasteiger partial charge on any atom is -0.347 e. The Balaban J connectivity index is 1.50. The van der Waals surface area contributed by atoms with E-state index < -0.39 is 0 Å². The van der Waals surface area contributed by atoms with Crippen LogP contribution in [0.1, 0.15) is 35.2 Å². The molecular formula is C16H19N5S. The van der Waals surface area contributed by atoms with Crippen LogP contribution in [0.25, 0.3) is 11.0 Å². The Hall–Kier alpha value is -1.95. The number of nitrogens with one attached hydrogen (secondary N) is 1. The van der Waals surface area contributed by atoms with E-state index >= 15 is 0 Å². The van der Waals surface area contributed by atoms with Crippen LogP contribution in [0.4, 0.5) is 5.13 Å². The van der Waals surface area contributed by atoms with Gasteiger partial charge in [0.25, 0.3) is 0 Å². The fourth-order valence-electron chi connectivity index (χ4n) is 3.09. The second-order valence-electron chi connectivity index (χ2n) is 6.01. The maximum atomic E-state index is 4.78. The number of H-pyrrole nitrogens is 1. The summed E-state index contributed by atoms with van der Waals surface area (Å²) < 4.78 is 0. The van der Waals surface area contributed by atoms with Gasteiger partial charge < -0.3 is 9.88 Å². The largest absolute Gasteiger partial charge is 0.347 e. The Kier molecular flexibility index (Phi) is 3.33. The zero-order valence-corrected chi connectivity index (χ0v) is 13.7. The van der Waals surface area contributed by atoms with Crippen molar-refractivity contribution < 1.29 is 0 Å². The first-order valence-corrected chi connectivity index (χ1v) is 8.52. The van der Waals surface area contributed by atoms with Crippen molar-refractivity contribution in [3.8, 4) is 0 Å². The van der Waals surface area contributed by atoms with Crippen LogP contribution >= 0.6 is 11.3 Å². The molecule has 1 N–H and O–H groups in total. The summed E-state index contributed by atoms with van der Waals surface area (Å²) >= 11 is 1.68. The maximum absolute atomic E-state index is 4.78. The maximum Gasteiger partial charge on any atom is 0.208 e. The molecule has 0 aliphatic carbocycles. The van der Waals surface area contributed by atoms with Crippen LogP contribution in [0.15, 0.2) is 18.2 Å². The van der Waals surface area contributed by atoms with Crippen molar-refractivity contribution in [1.82, 2.24) is 20.2 Å². The van der Waals surface area contributed by atoms with E-state index in [1.807, 2.05) is 6.92 Å². The number of hydrogen-bond donors (Lipinski definition) is 1. The monoisotopic (exact) mass is 313 g/mol. The number of hydrogen-bond acceptors (Lipinski definition) is 5. The van der Waals surface area contributed by atoms with Gasteiger partial charge in [-0.2, -0.15) is 0 Å². The molecule has 0 saturated carbocycles. The van der Waals surface area contributed by atoms with Gasteiger partial charge in [-0.15, -0.1) is 10.2 Å². The Bertz CT molecular complexity index is 798. The van der Waals surface area contributed by atoms with E-state index in [2.05, 4.69) is 45.2 Å². The molecular weight excluding hydrogens is 294 g/mol. The van der Waals surface area contributed by atoms with Gasteiger partial charge in [-0.25, -0.2) is 4.98 Å². The summed E-state index contributed by atoms with van der Waals surface area (Å²) in [5, 5.41) is 10.5. The number of aromatic amines is 1. The van der Waals surface area contributed by atoms with Gasteiger partial charge in [-0.1, -0.05) is 17.4 Å². The normalized spacial score (nSPS) is 16.5. The molecule has 1 aromatic carbocycles.